The Morgan fingerprint density at radius 2 is 1.92 bits per heavy atom. The summed E-state index contributed by atoms with van der Waals surface area (Å²) in [7, 11) is 1.62. The van der Waals surface area contributed by atoms with Gasteiger partial charge in [-0.2, -0.15) is 0 Å². The van der Waals surface area contributed by atoms with Gasteiger partial charge in [-0.05, 0) is 35.2 Å². The van der Waals surface area contributed by atoms with Gasteiger partial charge in [0, 0.05) is 35.3 Å². The van der Waals surface area contributed by atoms with E-state index < -0.39 is 6.10 Å². The Balaban J connectivity index is 1.54. The van der Waals surface area contributed by atoms with Crippen molar-refractivity contribution >= 4 is 27.3 Å². The molecule has 0 spiro atoms. The Kier molecular flexibility index (Phi) is 5.25. The van der Waals surface area contributed by atoms with Gasteiger partial charge in [-0.3, -0.25) is 4.79 Å². The lowest BCUT2D eigenvalue weighted by Gasteiger charge is -2.10. The van der Waals surface area contributed by atoms with Crippen LogP contribution in [0.2, 0.25) is 0 Å². The van der Waals surface area contributed by atoms with Crippen LogP contribution >= 0.6 is 11.3 Å². The number of amides is 1. The van der Waals surface area contributed by atoms with Crippen LogP contribution in [0.5, 0.6) is 0 Å². The normalized spacial score (nSPS) is 12.2. The zero-order valence-corrected chi connectivity index (χ0v) is 14.3. The van der Waals surface area contributed by atoms with Gasteiger partial charge in [-0.15, -0.1) is 11.3 Å². The Morgan fingerprint density at radius 1 is 1.17 bits per heavy atom. The first-order valence-corrected chi connectivity index (χ1v) is 8.67. The van der Waals surface area contributed by atoms with E-state index >= 15 is 0 Å². The van der Waals surface area contributed by atoms with Gasteiger partial charge in [-0.25, -0.2) is 0 Å². The standard InChI is InChI=1S/C19H20N2O2S/c1-20-19(23)14-8-6-13(7-9-14)11-21-12-16(22)18-10-15-4-2-3-5-17(15)24-18/h2-10,16,21-22H,11-12H2,1H3,(H,20,23). The van der Waals surface area contributed by atoms with E-state index in [1.165, 1.54) is 10.1 Å². The molecule has 1 amide bonds. The van der Waals surface area contributed by atoms with E-state index in [0.29, 0.717) is 18.7 Å². The number of aliphatic hydroxyl groups excluding tert-OH is 1. The van der Waals surface area contributed by atoms with Crippen LogP contribution in [-0.2, 0) is 6.54 Å². The molecule has 0 saturated heterocycles. The molecule has 0 fully saturated rings. The van der Waals surface area contributed by atoms with E-state index in [9.17, 15) is 9.90 Å². The molecule has 1 unspecified atom stereocenters. The van der Waals surface area contributed by atoms with Crippen LogP contribution in [-0.4, -0.2) is 24.6 Å². The second kappa shape index (κ2) is 7.57. The zero-order valence-electron chi connectivity index (χ0n) is 13.5. The Morgan fingerprint density at radius 3 is 2.62 bits per heavy atom. The summed E-state index contributed by atoms with van der Waals surface area (Å²) in [6.07, 6.45) is -0.521. The van der Waals surface area contributed by atoms with Crippen molar-refractivity contribution in [3.8, 4) is 0 Å². The molecule has 1 heterocycles. The highest BCUT2D eigenvalue weighted by Crippen LogP contribution is 2.29. The highest BCUT2D eigenvalue weighted by molar-refractivity contribution is 7.19. The monoisotopic (exact) mass is 340 g/mol. The molecule has 24 heavy (non-hydrogen) atoms. The lowest BCUT2D eigenvalue weighted by Crippen LogP contribution is -2.21. The number of thiophene rings is 1. The van der Waals surface area contributed by atoms with Gasteiger partial charge >= 0.3 is 0 Å². The van der Waals surface area contributed by atoms with Crippen molar-refractivity contribution in [2.75, 3.05) is 13.6 Å². The number of fused-ring (bicyclic) bond motifs is 1. The van der Waals surface area contributed by atoms with E-state index in [4.69, 9.17) is 0 Å². The van der Waals surface area contributed by atoms with Crippen molar-refractivity contribution in [3.63, 3.8) is 0 Å². The van der Waals surface area contributed by atoms with Crippen molar-refractivity contribution in [2.45, 2.75) is 12.6 Å². The van der Waals surface area contributed by atoms with Crippen LogP contribution in [0.15, 0.2) is 54.6 Å². The van der Waals surface area contributed by atoms with Gasteiger partial charge in [0.05, 0.1) is 0 Å². The third-order valence-electron chi connectivity index (χ3n) is 3.88. The van der Waals surface area contributed by atoms with Crippen molar-refractivity contribution in [1.82, 2.24) is 10.6 Å². The molecule has 124 valence electrons. The fourth-order valence-corrected chi connectivity index (χ4v) is 3.59. The average molecular weight is 340 g/mol. The van der Waals surface area contributed by atoms with Crippen LogP contribution in [0.25, 0.3) is 10.1 Å². The average Bonchev–Trinajstić information content (AvgIpc) is 3.06. The number of benzene rings is 2. The number of hydrogen-bond acceptors (Lipinski definition) is 4. The summed E-state index contributed by atoms with van der Waals surface area (Å²) in [5.74, 6) is -0.0882. The first-order valence-electron chi connectivity index (χ1n) is 7.85. The summed E-state index contributed by atoms with van der Waals surface area (Å²) in [5, 5.41) is 17.4. The molecular formula is C19H20N2O2S. The number of hydrogen-bond donors (Lipinski definition) is 3. The Labute approximate surface area is 145 Å². The molecule has 4 nitrogen and oxygen atoms in total. The SMILES string of the molecule is CNC(=O)c1ccc(CNCC(O)c2cc3ccccc3s2)cc1. The molecule has 3 aromatic rings. The lowest BCUT2D eigenvalue weighted by atomic mass is 10.1. The molecule has 0 radical (unpaired) electrons. The van der Waals surface area contributed by atoms with Gasteiger partial charge in [-0.1, -0.05) is 30.3 Å². The van der Waals surface area contributed by atoms with Gasteiger partial charge in [0.2, 0.25) is 0 Å². The van der Waals surface area contributed by atoms with Gasteiger partial charge in [0.25, 0.3) is 5.91 Å². The first kappa shape index (κ1) is 16.6. The largest absolute Gasteiger partial charge is 0.386 e. The van der Waals surface area contributed by atoms with Crippen LogP contribution in [0, 0.1) is 0 Å². The quantitative estimate of drug-likeness (QED) is 0.646. The topological polar surface area (TPSA) is 61.4 Å². The maximum Gasteiger partial charge on any atom is 0.251 e. The summed E-state index contributed by atoms with van der Waals surface area (Å²) in [5.41, 5.74) is 1.72. The first-order chi connectivity index (χ1) is 11.7. The van der Waals surface area contributed by atoms with Gasteiger partial charge < -0.3 is 15.7 Å². The number of rotatable bonds is 6. The molecule has 0 aliphatic rings. The highest BCUT2D eigenvalue weighted by Gasteiger charge is 2.11. The molecule has 5 heteroatoms. The van der Waals surface area contributed by atoms with Gasteiger partial charge in [0.1, 0.15) is 6.10 Å². The molecule has 1 atom stereocenters. The smallest absolute Gasteiger partial charge is 0.251 e. The van der Waals surface area contributed by atoms with Crippen LogP contribution < -0.4 is 10.6 Å². The highest BCUT2D eigenvalue weighted by atomic mass is 32.1. The Bertz CT molecular complexity index is 794. The minimum Gasteiger partial charge on any atom is -0.386 e. The minimum atomic E-state index is -0.521. The van der Waals surface area contributed by atoms with E-state index in [-0.39, 0.29) is 5.91 Å². The number of carbonyl (C=O) groups excluding carboxylic acids is 1. The summed E-state index contributed by atoms with van der Waals surface area (Å²) in [6.45, 7) is 1.14. The molecule has 0 saturated carbocycles. The van der Waals surface area contributed by atoms with E-state index in [1.807, 2.05) is 30.3 Å². The summed E-state index contributed by atoms with van der Waals surface area (Å²) in [4.78, 5) is 12.5. The van der Waals surface area contributed by atoms with Crippen molar-refractivity contribution in [1.29, 1.82) is 0 Å². The summed E-state index contributed by atoms with van der Waals surface area (Å²) >= 11 is 1.62. The molecule has 3 rings (SSSR count). The molecule has 3 N–H and O–H groups in total. The maximum atomic E-state index is 11.5. The molecule has 2 aromatic carbocycles. The number of aliphatic hydroxyl groups is 1. The molecule has 0 aliphatic carbocycles. The Hall–Kier alpha value is -2.21. The van der Waals surface area contributed by atoms with Gasteiger partial charge in [0.15, 0.2) is 0 Å². The number of carbonyl (C=O) groups is 1. The molecular weight excluding hydrogens is 320 g/mol. The molecule has 0 aliphatic heterocycles. The fourth-order valence-electron chi connectivity index (χ4n) is 2.54. The zero-order chi connectivity index (χ0) is 16.9. The van der Waals surface area contributed by atoms with E-state index in [1.54, 1.807) is 30.5 Å². The lowest BCUT2D eigenvalue weighted by molar-refractivity contribution is 0.0963. The van der Waals surface area contributed by atoms with Crippen molar-refractivity contribution in [3.05, 3.63) is 70.6 Å². The van der Waals surface area contributed by atoms with E-state index in [2.05, 4.69) is 22.8 Å². The summed E-state index contributed by atoms with van der Waals surface area (Å²) in [6, 6.07) is 17.6. The summed E-state index contributed by atoms with van der Waals surface area (Å²) < 4.78 is 1.19. The van der Waals surface area contributed by atoms with E-state index in [0.717, 1.165) is 10.4 Å². The fraction of sp³-hybridized carbons (Fsp3) is 0.211. The third-order valence-corrected chi connectivity index (χ3v) is 5.10. The predicted molar refractivity (Wildman–Crippen MR) is 98.3 cm³/mol. The van der Waals surface area contributed by atoms with Crippen LogP contribution in [0.3, 0.4) is 0 Å². The predicted octanol–water partition coefficient (Wildman–Crippen LogP) is 3.08. The van der Waals surface area contributed by atoms with Crippen LogP contribution in [0.1, 0.15) is 26.9 Å². The second-order valence-corrected chi connectivity index (χ2v) is 6.72. The minimum absolute atomic E-state index is 0.0882. The second-order valence-electron chi connectivity index (χ2n) is 5.61. The molecule has 0 bridgehead atoms. The number of nitrogens with one attached hydrogen (secondary N) is 2. The van der Waals surface area contributed by atoms with Crippen LogP contribution in [0.4, 0.5) is 0 Å². The van der Waals surface area contributed by atoms with Crippen molar-refractivity contribution < 1.29 is 9.90 Å². The third kappa shape index (κ3) is 3.82. The maximum absolute atomic E-state index is 11.5. The molecule has 1 aromatic heterocycles. The van der Waals surface area contributed by atoms with Crippen molar-refractivity contribution in [2.24, 2.45) is 0 Å².